The Balaban J connectivity index is 1.92. The van der Waals surface area contributed by atoms with Crippen molar-refractivity contribution in [3.05, 3.63) is 22.9 Å². The van der Waals surface area contributed by atoms with Gasteiger partial charge in [-0.3, -0.25) is 9.13 Å². The van der Waals surface area contributed by atoms with Crippen LogP contribution < -0.4 is 11.0 Å². The van der Waals surface area contributed by atoms with Crippen molar-refractivity contribution >= 4 is 0 Å². The number of rotatable bonds is 4. The molecule has 2 rings (SSSR count). The fraction of sp³-hybridized carbons (Fsp3) is 0.750. The van der Waals surface area contributed by atoms with Crippen molar-refractivity contribution in [3.8, 4) is 0 Å². The van der Waals surface area contributed by atoms with Gasteiger partial charge in [-0.05, 0) is 33.6 Å². The van der Waals surface area contributed by atoms with Gasteiger partial charge in [0.1, 0.15) is 0 Å². The lowest BCUT2D eigenvalue weighted by Gasteiger charge is -2.20. The topological polar surface area (TPSA) is 39.0 Å². The van der Waals surface area contributed by atoms with Crippen molar-refractivity contribution in [1.82, 2.24) is 14.5 Å². The molecule has 1 aromatic heterocycles. The van der Waals surface area contributed by atoms with Crippen LogP contribution in [-0.2, 0) is 6.54 Å². The molecule has 1 aromatic rings. The van der Waals surface area contributed by atoms with Crippen LogP contribution in [0.2, 0.25) is 0 Å². The lowest BCUT2D eigenvalue weighted by atomic mass is 10.1. The van der Waals surface area contributed by atoms with Gasteiger partial charge in [-0.15, -0.1) is 0 Å². The summed E-state index contributed by atoms with van der Waals surface area (Å²) in [5.41, 5.74) is 0.251. The Hall–Kier alpha value is -1.03. The van der Waals surface area contributed by atoms with Crippen molar-refractivity contribution in [2.24, 2.45) is 0 Å². The Morgan fingerprint density at radius 1 is 1.38 bits per heavy atom. The summed E-state index contributed by atoms with van der Waals surface area (Å²) in [4.78, 5) is 11.9. The van der Waals surface area contributed by atoms with Crippen molar-refractivity contribution in [2.75, 3.05) is 6.54 Å². The van der Waals surface area contributed by atoms with Crippen LogP contribution in [0.15, 0.2) is 17.2 Å². The summed E-state index contributed by atoms with van der Waals surface area (Å²) in [5.74, 6) is 0. The molecule has 1 aliphatic rings. The summed E-state index contributed by atoms with van der Waals surface area (Å²) in [5, 5.41) is 3.38. The zero-order valence-electron chi connectivity index (χ0n) is 10.4. The van der Waals surface area contributed by atoms with E-state index in [0.717, 1.165) is 25.9 Å². The van der Waals surface area contributed by atoms with Gasteiger partial charge in [-0.25, -0.2) is 4.79 Å². The minimum Gasteiger partial charge on any atom is -0.310 e. The first kappa shape index (κ1) is 11.5. The molecule has 90 valence electrons. The zero-order valence-corrected chi connectivity index (χ0v) is 10.4. The van der Waals surface area contributed by atoms with Gasteiger partial charge in [0, 0.05) is 37.1 Å². The van der Waals surface area contributed by atoms with Crippen LogP contribution >= 0.6 is 0 Å². The van der Waals surface area contributed by atoms with Crippen molar-refractivity contribution in [2.45, 2.75) is 51.7 Å². The summed E-state index contributed by atoms with van der Waals surface area (Å²) in [6.07, 6.45) is 6.12. The highest BCUT2D eigenvalue weighted by molar-refractivity contribution is 4.91. The molecule has 0 saturated heterocycles. The van der Waals surface area contributed by atoms with Gasteiger partial charge in [-0.2, -0.15) is 0 Å². The third kappa shape index (κ3) is 2.76. The summed E-state index contributed by atoms with van der Waals surface area (Å²) >= 11 is 0. The zero-order chi connectivity index (χ0) is 11.8. The number of aromatic nitrogens is 2. The Labute approximate surface area is 96.3 Å². The molecule has 1 aliphatic carbocycles. The van der Waals surface area contributed by atoms with Crippen molar-refractivity contribution in [1.29, 1.82) is 0 Å². The number of nitrogens with one attached hydrogen (secondary N) is 1. The van der Waals surface area contributed by atoms with Gasteiger partial charge in [-0.1, -0.05) is 0 Å². The van der Waals surface area contributed by atoms with Crippen molar-refractivity contribution in [3.63, 3.8) is 0 Å². The number of hydrogen-bond donors (Lipinski definition) is 1. The van der Waals surface area contributed by atoms with Gasteiger partial charge in [0.2, 0.25) is 0 Å². The fourth-order valence-electron chi connectivity index (χ4n) is 1.78. The molecule has 4 nitrogen and oxygen atoms in total. The Morgan fingerprint density at radius 3 is 2.62 bits per heavy atom. The summed E-state index contributed by atoms with van der Waals surface area (Å²) in [6, 6.07) is 0.476. The molecule has 1 fully saturated rings. The van der Waals surface area contributed by atoms with E-state index in [1.807, 2.05) is 17.0 Å². The molecule has 0 spiro atoms. The van der Waals surface area contributed by atoms with Gasteiger partial charge in [0.05, 0.1) is 0 Å². The third-order valence-electron chi connectivity index (χ3n) is 2.82. The molecule has 0 atom stereocenters. The van der Waals surface area contributed by atoms with E-state index in [-0.39, 0.29) is 11.2 Å². The molecule has 0 aliphatic heterocycles. The van der Waals surface area contributed by atoms with E-state index < -0.39 is 0 Å². The van der Waals surface area contributed by atoms with E-state index in [0.29, 0.717) is 6.04 Å². The molecule has 1 N–H and O–H groups in total. The highest BCUT2D eigenvalue weighted by atomic mass is 16.1. The summed E-state index contributed by atoms with van der Waals surface area (Å²) < 4.78 is 3.65. The largest absolute Gasteiger partial charge is 0.328 e. The van der Waals surface area contributed by atoms with E-state index >= 15 is 0 Å². The monoisotopic (exact) mass is 223 g/mol. The predicted octanol–water partition coefficient (Wildman–Crippen LogP) is 1.37. The fourth-order valence-corrected chi connectivity index (χ4v) is 1.78. The Kier molecular flexibility index (Phi) is 2.93. The molecular formula is C12H21N3O. The molecular weight excluding hydrogens is 202 g/mol. The first-order valence-electron chi connectivity index (χ1n) is 6.00. The molecule has 1 heterocycles. The van der Waals surface area contributed by atoms with E-state index in [4.69, 9.17) is 0 Å². The van der Waals surface area contributed by atoms with Crippen LogP contribution in [0.1, 0.15) is 39.7 Å². The van der Waals surface area contributed by atoms with Gasteiger partial charge in [0.25, 0.3) is 0 Å². The third-order valence-corrected chi connectivity index (χ3v) is 2.82. The minimum absolute atomic E-state index is 0.114. The lowest BCUT2D eigenvalue weighted by Crippen LogP contribution is -2.39. The van der Waals surface area contributed by atoms with Gasteiger partial charge >= 0.3 is 5.69 Å². The average Bonchev–Trinajstić information content (AvgIpc) is 2.93. The molecule has 0 unspecified atom stereocenters. The predicted molar refractivity (Wildman–Crippen MR) is 64.7 cm³/mol. The van der Waals surface area contributed by atoms with E-state index in [2.05, 4.69) is 26.1 Å². The summed E-state index contributed by atoms with van der Waals surface area (Å²) in [6.45, 7) is 7.97. The molecule has 1 saturated carbocycles. The van der Waals surface area contributed by atoms with Gasteiger partial charge in [0.15, 0.2) is 0 Å². The highest BCUT2D eigenvalue weighted by Gasteiger charge is 2.25. The Morgan fingerprint density at radius 2 is 2.06 bits per heavy atom. The Bertz CT molecular complexity index is 407. The highest BCUT2D eigenvalue weighted by Crippen LogP contribution is 2.33. The normalized spacial score (nSPS) is 16.7. The maximum absolute atomic E-state index is 11.9. The smallest absolute Gasteiger partial charge is 0.310 e. The number of nitrogens with zero attached hydrogens (tertiary/aromatic N) is 2. The number of hydrogen-bond acceptors (Lipinski definition) is 2. The maximum Gasteiger partial charge on any atom is 0.328 e. The lowest BCUT2D eigenvalue weighted by molar-refractivity contribution is 0.409. The van der Waals surface area contributed by atoms with E-state index in [9.17, 15) is 4.79 Å². The van der Waals surface area contributed by atoms with E-state index in [1.165, 1.54) is 0 Å². The van der Waals surface area contributed by atoms with Crippen LogP contribution in [0, 0.1) is 0 Å². The average molecular weight is 223 g/mol. The van der Waals surface area contributed by atoms with Crippen LogP contribution in [0.4, 0.5) is 0 Å². The van der Waals surface area contributed by atoms with Crippen molar-refractivity contribution < 1.29 is 0 Å². The quantitative estimate of drug-likeness (QED) is 0.837. The summed E-state index contributed by atoms with van der Waals surface area (Å²) in [7, 11) is 0. The molecule has 0 amide bonds. The SMILES string of the molecule is CC(C)(C)NCCn1ccn(C2CC2)c1=O. The maximum atomic E-state index is 11.9. The molecule has 16 heavy (non-hydrogen) atoms. The molecule has 4 heteroatoms. The number of imidazole rings is 1. The van der Waals surface area contributed by atoms with Crippen LogP contribution in [0.25, 0.3) is 0 Å². The standard InChI is InChI=1S/C12H21N3O/c1-12(2,3)13-6-7-14-8-9-15(11(14)16)10-4-5-10/h8-10,13H,4-7H2,1-3H3. The van der Waals surface area contributed by atoms with Crippen LogP contribution in [0.5, 0.6) is 0 Å². The molecule has 0 radical (unpaired) electrons. The second-order valence-electron chi connectivity index (χ2n) is 5.59. The molecule has 0 bridgehead atoms. The van der Waals surface area contributed by atoms with Gasteiger partial charge < -0.3 is 5.32 Å². The minimum atomic E-state index is 0.114. The second-order valence-corrected chi connectivity index (χ2v) is 5.59. The van der Waals surface area contributed by atoms with E-state index in [1.54, 1.807) is 4.57 Å². The second kappa shape index (κ2) is 4.09. The first-order valence-corrected chi connectivity index (χ1v) is 6.00. The molecule has 0 aromatic carbocycles. The van der Waals surface area contributed by atoms with Crippen LogP contribution in [-0.4, -0.2) is 21.2 Å². The van der Waals surface area contributed by atoms with Crippen LogP contribution in [0.3, 0.4) is 0 Å². The first-order chi connectivity index (χ1) is 7.47.